The summed E-state index contributed by atoms with van der Waals surface area (Å²) in [7, 11) is 0.538. The van der Waals surface area contributed by atoms with Crippen molar-refractivity contribution in [2.45, 2.75) is 24.2 Å². The van der Waals surface area contributed by atoms with E-state index >= 15 is 0 Å². The number of benzene rings is 1. The molecule has 0 heterocycles. The number of anilines is 1. The van der Waals surface area contributed by atoms with Gasteiger partial charge in [0.05, 0.1) is 4.92 Å². The summed E-state index contributed by atoms with van der Waals surface area (Å²) in [6.45, 7) is 0. The van der Waals surface area contributed by atoms with Gasteiger partial charge in [-0.25, -0.2) is 12.8 Å². The fraction of sp³-hybridized carbons (Fsp3) is 0.364. The Bertz CT molecular complexity index is 718. The number of amides is 1. The van der Waals surface area contributed by atoms with E-state index in [1.165, 1.54) is 0 Å². The highest BCUT2D eigenvalue weighted by molar-refractivity contribution is 8.13. The van der Waals surface area contributed by atoms with Crippen LogP contribution in [0.5, 0.6) is 0 Å². The molecule has 1 aliphatic carbocycles. The molecule has 10 heteroatoms. The molecule has 0 aliphatic heterocycles. The second kappa shape index (κ2) is 5.57. The van der Waals surface area contributed by atoms with Crippen LogP contribution in [-0.4, -0.2) is 19.2 Å². The van der Waals surface area contributed by atoms with Crippen LogP contribution in [0, 0.1) is 21.8 Å². The minimum absolute atomic E-state index is 0.260. The summed E-state index contributed by atoms with van der Waals surface area (Å²) in [5, 5.41) is 13.2. The van der Waals surface area contributed by atoms with E-state index in [-0.39, 0.29) is 5.92 Å². The molecule has 7 nitrogen and oxygen atoms in total. The Morgan fingerprint density at radius 2 is 2.05 bits per heavy atom. The van der Waals surface area contributed by atoms with Crippen molar-refractivity contribution in [1.82, 2.24) is 0 Å². The zero-order valence-electron chi connectivity index (χ0n) is 10.5. The molecular weight excluding hydrogens is 327 g/mol. The van der Waals surface area contributed by atoms with Crippen LogP contribution in [0.25, 0.3) is 0 Å². The summed E-state index contributed by atoms with van der Waals surface area (Å²) in [5.41, 5.74) is -1.12. The molecule has 0 unspecified atom stereocenters. The molecule has 1 amide bonds. The molecule has 114 valence electrons. The highest BCUT2D eigenvalue weighted by Crippen LogP contribution is 2.33. The number of halogens is 2. The van der Waals surface area contributed by atoms with E-state index in [1.807, 2.05) is 0 Å². The van der Waals surface area contributed by atoms with Crippen molar-refractivity contribution >= 4 is 37.0 Å². The fourth-order valence-electron chi connectivity index (χ4n) is 1.89. The Balaban J connectivity index is 2.43. The lowest BCUT2D eigenvalue weighted by molar-refractivity contribution is -0.384. The van der Waals surface area contributed by atoms with Crippen LogP contribution in [0.3, 0.4) is 0 Å². The lowest BCUT2D eigenvalue weighted by Gasteiger charge is -2.24. The van der Waals surface area contributed by atoms with Crippen molar-refractivity contribution in [2.75, 3.05) is 5.32 Å². The van der Waals surface area contributed by atoms with Gasteiger partial charge in [-0.05, 0) is 12.8 Å². The smallest absolute Gasteiger partial charge is 0.294 e. The number of carbonyl (C=O) groups excluding carboxylic acids is 1. The van der Waals surface area contributed by atoms with Crippen LogP contribution < -0.4 is 5.32 Å². The van der Waals surface area contributed by atoms with Gasteiger partial charge in [0.15, 0.2) is 0 Å². The van der Waals surface area contributed by atoms with Gasteiger partial charge in [0, 0.05) is 28.7 Å². The average molecular weight is 337 g/mol. The molecule has 0 radical (unpaired) electrons. The number of carbonyl (C=O) groups is 1. The quantitative estimate of drug-likeness (QED) is 0.516. The monoisotopic (exact) mass is 336 g/mol. The number of nitrogens with zero attached hydrogens (tertiary/aromatic N) is 1. The second-order valence-corrected chi connectivity index (χ2v) is 7.15. The Labute approximate surface area is 123 Å². The first-order valence-corrected chi connectivity index (χ1v) is 8.24. The molecule has 0 spiro atoms. The van der Waals surface area contributed by atoms with Crippen molar-refractivity contribution < 1.29 is 22.5 Å². The van der Waals surface area contributed by atoms with Crippen LogP contribution in [0.2, 0.25) is 0 Å². The van der Waals surface area contributed by atoms with Gasteiger partial charge in [-0.2, -0.15) is 0 Å². The van der Waals surface area contributed by atoms with Gasteiger partial charge < -0.3 is 5.32 Å². The van der Waals surface area contributed by atoms with Crippen molar-refractivity contribution in [1.29, 1.82) is 0 Å². The molecule has 21 heavy (non-hydrogen) atoms. The summed E-state index contributed by atoms with van der Waals surface area (Å²) in [5.74, 6) is -1.98. The number of nitro benzene ring substituents is 1. The summed E-state index contributed by atoms with van der Waals surface area (Å²) in [6, 6.07) is 1.08. The molecule has 0 aromatic heterocycles. The Morgan fingerprint density at radius 3 is 2.48 bits per heavy atom. The van der Waals surface area contributed by atoms with E-state index in [0.717, 1.165) is 6.42 Å². The van der Waals surface area contributed by atoms with Gasteiger partial charge in [-0.15, -0.1) is 0 Å². The third-order valence-corrected chi connectivity index (χ3v) is 4.58. The van der Waals surface area contributed by atoms with Gasteiger partial charge in [-0.3, -0.25) is 14.9 Å². The van der Waals surface area contributed by atoms with Crippen molar-refractivity contribution in [3.63, 3.8) is 0 Å². The van der Waals surface area contributed by atoms with Crippen LogP contribution in [0.1, 0.15) is 19.3 Å². The van der Waals surface area contributed by atoms with E-state index in [2.05, 4.69) is 5.32 Å². The summed E-state index contributed by atoms with van der Waals surface area (Å²) >= 11 is 0. The van der Waals surface area contributed by atoms with Gasteiger partial charge in [0.25, 0.3) is 14.7 Å². The van der Waals surface area contributed by atoms with Gasteiger partial charge in [-0.1, -0.05) is 6.42 Å². The van der Waals surface area contributed by atoms with Crippen LogP contribution >= 0.6 is 10.7 Å². The number of rotatable bonds is 4. The van der Waals surface area contributed by atoms with E-state index < -0.39 is 42.0 Å². The summed E-state index contributed by atoms with van der Waals surface area (Å²) < 4.78 is 36.0. The average Bonchev–Trinajstić information content (AvgIpc) is 2.23. The van der Waals surface area contributed by atoms with E-state index in [9.17, 15) is 27.7 Å². The standard InChI is InChI=1S/C11H10ClFN2O5S/c12-21(19,20)10-5-9(15(17)18)8(4-7(10)13)14-11(16)6-2-1-3-6/h4-6H,1-3H2,(H,14,16). The number of nitro groups is 1. The summed E-state index contributed by atoms with van der Waals surface area (Å²) in [4.78, 5) is 20.8. The SMILES string of the molecule is O=C(Nc1cc(F)c(S(=O)(=O)Cl)cc1[N+](=O)[O-])C1CCC1. The van der Waals surface area contributed by atoms with Gasteiger partial charge >= 0.3 is 0 Å². The molecule has 0 atom stereocenters. The zero-order chi connectivity index (χ0) is 15.8. The lowest BCUT2D eigenvalue weighted by atomic mass is 9.85. The Kier molecular flexibility index (Phi) is 4.15. The molecule has 0 bridgehead atoms. The first kappa shape index (κ1) is 15.6. The Morgan fingerprint density at radius 1 is 1.43 bits per heavy atom. The van der Waals surface area contributed by atoms with Gasteiger partial charge in [0.1, 0.15) is 16.4 Å². The van der Waals surface area contributed by atoms with E-state index in [4.69, 9.17) is 10.7 Å². The van der Waals surface area contributed by atoms with Crippen LogP contribution in [-0.2, 0) is 13.8 Å². The molecular formula is C11H10ClFN2O5S. The topological polar surface area (TPSA) is 106 Å². The Hall–Kier alpha value is -1.74. The van der Waals surface area contributed by atoms with Crippen LogP contribution in [0.15, 0.2) is 17.0 Å². The lowest BCUT2D eigenvalue weighted by Crippen LogP contribution is -2.28. The maximum atomic E-state index is 13.7. The molecule has 1 aliphatic rings. The molecule has 2 rings (SSSR count). The first-order valence-electron chi connectivity index (χ1n) is 5.93. The molecule has 1 N–H and O–H groups in total. The first-order chi connectivity index (χ1) is 9.70. The van der Waals surface area contributed by atoms with Crippen molar-refractivity contribution in [3.8, 4) is 0 Å². The molecule has 1 saturated carbocycles. The van der Waals surface area contributed by atoms with Crippen LogP contribution in [0.4, 0.5) is 15.8 Å². The third-order valence-electron chi connectivity index (χ3n) is 3.24. The van der Waals surface area contributed by atoms with Gasteiger partial charge in [0.2, 0.25) is 5.91 Å². The van der Waals surface area contributed by atoms with Crippen molar-refractivity contribution in [3.05, 3.63) is 28.1 Å². The predicted molar refractivity (Wildman–Crippen MR) is 72.1 cm³/mol. The zero-order valence-corrected chi connectivity index (χ0v) is 12.1. The number of nitrogens with one attached hydrogen (secondary N) is 1. The predicted octanol–water partition coefficient (Wildman–Crippen LogP) is 2.40. The number of hydrogen-bond donors (Lipinski definition) is 1. The van der Waals surface area contributed by atoms with E-state index in [0.29, 0.717) is 25.0 Å². The molecule has 1 fully saturated rings. The maximum Gasteiger partial charge on any atom is 0.294 e. The third kappa shape index (κ3) is 3.30. The number of hydrogen-bond acceptors (Lipinski definition) is 5. The minimum atomic E-state index is -4.46. The molecule has 0 saturated heterocycles. The highest BCUT2D eigenvalue weighted by atomic mass is 35.7. The van der Waals surface area contributed by atoms with Crippen molar-refractivity contribution in [2.24, 2.45) is 5.92 Å². The fourth-order valence-corrected chi connectivity index (χ4v) is 2.78. The second-order valence-electron chi connectivity index (χ2n) is 4.61. The van der Waals surface area contributed by atoms with E-state index in [1.54, 1.807) is 0 Å². The maximum absolute atomic E-state index is 13.7. The summed E-state index contributed by atoms with van der Waals surface area (Å²) in [6.07, 6.45) is 2.21. The highest BCUT2D eigenvalue weighted by Gasteiger charge is 2.29. The normalized spacial score (nSPS) is 15.3. The minimum Gasteiger partial charge on any atom is -0.320 e. The molecule has 1 aromatic carbocycles. The largest absolute Gasteiger partial charge is 0.320 e. The molecule has 1 aromatic rings.